The molecule has 0 radical (unpaired) electrons. The summed E-state index contributed by atoms with van der Waals surface area (Å²) in [5, 5.41) is 1.14. The molecule has 0 aliphatic carbocycles. The molecule has 1 fully saturated rings. The SMILES string of the molecule is CCCN1CCOC(C(N)c2ccc3cccnc3c2)C1. The van der Waals surface area contributed by atoms with Gasteiger partial charge in [-0.15, -0.1) is 0 Å². The molecule has 0 saturated carbocycles. The van der Waals surface area contributed by atoms with E-state index in [1.807, 2.05) is 12.3 Å². The van der Waals surface area contributed by atoms with Crippen LogP contribution in [0.1, 0.15) is 24.9 Å². The van der Waals surface area contributed by atoms with Gasteiger partial charge in [-0.2, -0.15) is 0 Å². The molecule has 0 bridgehead atoms. The van der Waals surface area contributed by atoms with E-state index < -0.39 is 0 Å². The lowest BCUT2D eigenvalue weighted by molar-refractivity contribution is -0.0407. The number of rotatable bonds is 4. The molecule has 1 aliphatic heterocycles. The molecule has 0 spiro atoms. The van der Waals surface area contributed by atoms with E-state index >= 15 is 0 Å². The quantitative estimate of drug-likeness (QED) is 0.937. The van der Waals surface area contributed by atoms with Crippen LogP contribution >= 0.6 is 0 Å². The zero-order chi connectivity index (χ0) is 14.7. The molecule has 112 valence electrons. The van der Waals surface area contributed by atoms with Gasteiger partial charge in [-0.25, -0.2) is 0 Å². The van der Waals surface area contributed by atoms with Crippen LogP contribution in [0.4, 0.5) is 0 Å². The summed E-state index contributed by atoms with van der Waals surface area (Å²) in [4.78, 5) is 6.84. The van der Waals surface area contributed by atoms with Crippen LogP contribution in [-0.4, -0.2) is 42.2 Å². The number of ether oxygens (including phenoxy) is 1. The van der Waals surface area contributed by atoms with Gasteiger partial charge in [-0.3, -0.25) is 9.88 Å². The Kier molecular flexibility index (Phi) is 4.48. The van der Waals surface area contributed by atoms with Gasteiger partial charge in [-0.1, -0.05) is 25.1 Å². The van der Waals surface area contributed by atoms with Crippen LogP contribution in [0.2, 0.25) is 0 Å². The summed E-state index contributed by atoms with van der Waals surface area (Å²) >= 11 is 0. The van der Waals surface area contributed by atoms with Gasteiger partial charge in [0.1, 0.15) is 0 Å². The largest absolute Gasteiger partial charge is 0.374 e. The van der Waals surface area contributed by atoms with Crippen molar-refractivity contribution in [3.63, 3.8) is 0 Å². The molecule has 21 heavy (non-hydrogen) atoms. The predicted molar refractivity (Wildman–Crippen MR) is 85.1 cm³/mol. The second-order valence-electron chi connectivity index (χ2n) is 5.69. The molecule has 2 aromatic rings. The third-order valence-electron chi connectivity index (χ3n) is 4.13. The van der Waals surface area contributed by atoms with Crippen LogP contribution in [0.5, 0.6) is 0 Å². The lowest BCUT2D eigenvalue weighted by atomic mass is 9.99. The van der Waals surface area contributed by atoms with Crippen LogP contribution in [0, 0.1) is 0 Å². The monoisotopic (exact) mass is 285 g/mol. The topological polar surface area (TPSA) is 51.4 Å². The highest BCUT2D eigenvalue weighted by molar-refractivity contribution is 5.79. The van der Waals surface area contributed by atoms with E-state index in [1.54, 1.807) is 0 Å². The van der Waals surface area contributed by atoms with Gasteiger partial charge >= 0.3 is 0 Å². The number of hydrogen-bond donors (Lipinski definition) is 1. The molecule has 0 amide bonds. The average molecular weight is 285 g/mol. The molecule has 4 heteroatoms. The molecule has 1 aliphatic rings. The van der Waals surface area contributed by atoms with Gasteiger partial charge in [0.2, 0.25) is 0 Å². The van der Waals surface area contributed by atoms with Crippen molar-refractivity contribution in [2.45, 2.75) is 25.5 Å². The first-order valence-corrected chi connectivity index (χ1v) is 7.72. The molecular weight excluding hydrogens is 262 g/mol. The summed E-state index contributed by atoms with van der Waals surface area (Å²) in [6.07, 6.45) is 3.05. The fourth-order valence-electron chi connectivity index (χ4n) is 2.97. The Balaban J connectivity index is 1.77. The molecular formula is C17H23N3O. The molecule has 1 saturated heterocycles. The van der Waals surface area contributed by atoms with Crippen molar-refractivity contribution in [3.05, 3.63) is 42.1 Å². The van der Waals surface area contributed by atoms with Crippen molar-refractivity contribution < 1.29 is 4.74 Å². The summed E-state index contributed by atoms with van der Waals surface area (Å²) in [7, 11) is 0. The third-order valence-corrected chi connectivity index (χ3v) is 4.13. The average Bonchev–Trinajstić information content (AvgIpc) is 2.54. The Morgan fingerprint density at radius 2 is 2.33 bits per heavy atom. The van der Waals surface area contributed by atoms with Crippen LogP contribution in [0.3, 0.4) is 0 Å². The van der Waals surface area contributed by atoms with Crippen molar-refractivity contribution in [1.29, 1.82) is 0 Å². The number of nitrogens with zero attached hydrogens (tertiary/aromatic N) is 2. The Bertz CT molecular complexity index is 599. The summed E-state index contributed by atoms with van der Waals surface area (Å²) in [6.45, 7) is 6.01. The van der Waals surface area contributed by atoms with Crippen molar-refractivity contribution in [1.82, 2.24) is 9.88 Å². The normalized spacial score (nSPS) is 21.5. The number of nitrogens with two attached hydrogens (primary N) is 1. The van der Waals surface area contributed by atoms with E-state index in [0.717, 1.165) is 42.7 Å². The minimum absolute atomic E-state index is 0.0615. The van der Waals surface area contributed by atoms with Crippen LogP contribution in [0.15, 0.2) is 36.5 Å². The first-order valence-electron chi connectivity index (χ1n) is 7.72. The molecule has 2 heterocycles. The van der Waals surface area contributed by atoms with E-state index in [9.17, 15) is 0 Å². The van der Waals surface area contributed by atoms with E-state index in [-0.39, 0.29) is 12.1 Å². The predicted octanol–water partition coefficient (Wildman–Crippen LogP) is 2.35. The molecule has 3 rings (SSSR count). The molecule has 2 unspecified atom stereocenters. The third kappa shape index (κ3) is 3.23. The highest BCUT2D eigenvalue weighted by Crippen LogP contribution is 2.23. The van der Waals surface area contributed by atoms with Crippen LogP contribution in [0.25, 0.3) is 10.9 Å². The Labute approximate surface area is 125 Å². The standard InChI is InChI=1S/C17H23N3O/c1-2-8-20-9-10-21-16(12-20)17(18)14-6-5-13-4-3-7-19-15(13)11-14/h3-7,11,16-17H,2,8-10,12,18H2,1H3. The maximum Gasteiger partial charge on any atom is 0.0894 e. The maximum absolute atomic E-state index is 6.44. The molecule has 4 nitrogen and oxygen atoms in total. The first kappa shape index (κ1) is 14.4. The van der Waals surface area contributed by atoms with Crippen molar-refractivity contribution in [2.24, 2.45) is 5.73 Å². The second kappa shape index (κ2) is 6.52. The van der Waals surface area contributed by atoms with E-state index in [1.165, 1.54) is 6.42 Å². The molecule has 2 atom stereocenters. The van der Waals surface area contributed by atoms with Gasteiger partial charge in [-0.05, 0) is 30.7 Å². The second-order valence-corrected chi connectivity index (χ2v) is 5.69. The van der Waals surface area contributed by atoms with Crippen LogP contribution in [-0.2, 0) is 4.74 Å². The maximum atomic E-state index is 6.44. The Morgan fingerprint density at radius 1 is 1.43 bits per heavy atom. The Hall–Kier alpha value is -1.49. The Morgan fingerprint density at radius 3 is 3.19 bits per heavy atom. The lowest BCUT2D eigenvalue weighted by Gasteiger charge is -2.35. The lowest BCUT2D eigenvalue weighted by Crippen LogP contribution is -2.47. The number of pyridine rings is 1. The number of hydrogen-bond acceptors (Lipinski definition) is 4. The van der Waals surface area contributed by atoms with Gasteiger partial charge in [0.25, 0.3) is 0 Å². The number of fused-ring (bicyclic) bond motifs is 1. The van der Waals surface area contributed by atoms with Crippen LogP contribution < -0.4 is 5.73 Å². The van der Waals surface area contributed by atoms with E-state index in [4.69, 9.17) is 10.5 Å². The van der Waals surface area contributed by atoms with Crippen molar-refractivity contribution in [3.8, 4) is 0 Å². The van der Waals surface area contributed by atoms with Gasteiger partial charge in [0.05, 0.1) is 24.3 Å². The highest BCUT2D eigenvalue weighted by atomic mass is 16.5. The van der Waals surface area contributed by atoms with Gasteiger partial charge in [0, 0.05) is 24.7 Å². The zero-order valence-corrected chi connectivity index (χ0v) is 12.5. The first-order chi connectivity index (χ1) is 10.3. The smallest absolute Gasteiger partial charge is 0.0894 e. The van der Waals surface area contributed by atoms with Crippen molar-refractivity contribution in [2.75, 3.05) is 26.2 Å². The minimum Gasteiger partial charge on any atom is -0.374 e. The number of aromatic nitrogens is 1. The van der Waals surface area contributed by atoms with E-state index in [2.05, 4.69) is 41.1 Å². The zero-order valence-electron chi connectivity index (χ0n) is 12.5. The summed E-state index contributed by atoms with van der Waals surface area (Å²) in [6, 6.07) is 10.2. The van der Waals surface area contributed by atoms with Crippen molar-refractivity contribution >= 4 is 10.9 Å². The minimum atomic E-state index is -0.101. The van der Waals surface area contributed by atoms with Gasteiger partial charge < -0.3 is 10.5 Å². The number of morpholine rings is 1. The molecule has 2 N–H and O–H groups in total. The fraction of sp³-hybridized carbons (Fsp3) is 0.471. The fourth-order valence-corrected chi connectivity index (χ4v) is 2.97. The summed E-state index contributed by atoms with van der Waals surface area (Å²) in [5.74, 6) is 0. The highest BCUT2D eigenvalue weighted by Gasteiger charge is 2.26. The summed E-state index contributed by atoms with van der Waals surface area (Å²) in [5.41, 5.74) is 8.53. The molecule has 1 aromatic carbocycles. The number of benzene rings is 1. The molecule has 1 aromatic heterocycles. The summed E-state index contributed by atoms with van der Waals surface area (Å²) < 4.78 is 5.90. The van der Waals surface area contributed by atoms with E-state index in [0.29, 0.717) is 0 Å². The van der Waals surface area contributed by atoms with Gasteiger partial charge in [0.15, 0.2) is 0 Å².